The van der Waals surface area contributed by atoms with Crippen LogP contribution >= 0.6 is 15.9 Å². The Balaban J connectivity index is 1.60. The van der Waals surface area contributed by atoms with Gasteiger partial charge in [-0.05, 0) is 43.4 Å². The number of unbranched alkanes of at least 4 members (excludes halogenated alkanes) is 2. The molecule has 1 saturated heterocycles. The summed E-state index contributed by atoms with van der Waals surface area (Å²) < 4.78 is 0. The second kappa shape index (κ2) is 10.5. The number of rotatable bonds is 8. The molecule has 1 aliphatic heterocycles. The van der Waals surface area contributed by atoms with Crippen LogP contribution in [-0.4, -0.2) is 14.1 Å². The van der Waals surface area contributed by atoms with E-state index in [1.54, 1.807) is 63.1 Å². The Bertz CT molecular complexity index is 252. The van der Waals surface area contributed by atoms with Crippen LogP contribution in [0.3, 0.4) is 0 Å². The average molecular weight is 373 g/mol. The molecule has 2 aliphatic rings. The molecular formula is C19H37BrSi. The van der Waals surface area contributed by atoms with Gasteiger partial charge >= 0.3 is 0 Å². The summed E-state index contributed by atoms with van der Waals surface area (Å²) >= 11 is 3.58. The van der Waals surface area contributed by atoms with E-state index < -0.39 is 0 Å². The molecule has 1 heterocycles. The Labute approximate surface area is 143 Å². The molecule has 0 bridgehead atoms. The Kier molecular flexibility index (Phi) is 8.99. The van der Waals surface area contributed by atoms with E-state index in [1.807, 2.05) is 0 Å². The fourth-order valence-corrected chi connectivity index (χ4v) is 8.80. The average Bonchev–Trinajstić information content (AvgIpc) is 2.54. The standard InChI is InChI=1S/C19H37BrSi/c1-2-3-4-14-21-15-11-19(12-16-21)18-9-7-17(8-10-18)6-5-13-20/h17-19,21H,2-16H2,1H3/t17-,18-,19-,21-. The summed E-state index contributed by atoms with van der Waals surface area (Å²) in [6.45, 7) is 2.34. The molecule has 0 aromatic carbocycles. The first-order valence-electron chi connectivity index (χ1n) is 9.89. The third-order valence-corrected chi connectivity index (χ3v) is 10.5. The van der Waals surface area contributed by atoms with E-state index in [0.29, 0.717) is 0 Å². The summed E-state index contributed by atoms with van der Waals surface area (Å²) in [7, 11) is -0.284. The molecule has 0 nitrogen and oxygen atoms in total. The molecule has 0 unspecified atom stereocenters. The lowest BCUT2D eigenvalue weighted by Crippen LogP contribution is -2.28. The lowest BCUT2D eigenvalue weighted by atomic mass is 9.73. The smallest absolute Gasteiger partial charge is 0.0368 e. The first-order valence-corrected chi connectivity index (χ1v) is 13.5. The van der Waals surface area contributed by atoms with Gasteiger partial charge in [-0.2, -0.15) is 0 Å². The summed E-state index contributed by atoms with van der Waals surface area (Å²) in [5.74, 6) is 3.33. The highest BCUT2D eigenvalue weighted by Gasteiger charge is 2.30. The van der Waals surface area contributed by atoms with E-state index in [9.17, 15) is 0 Å². The SMILES string of the molecule is CCCCC[Si@H]1CC[C@H]([C@H]2CC[C@H](CCCBr)CC2)CC1. The monoisotopic (exact) mass is 372 g/mol. The van der Waals surface area contributed by atoms with E-state index in [4.69, 9.17) is 0 Å². The van der Waals surface area contributed by atoms with Crippen LogP contribution in [0, 0.1) is 17.8 Å². The lowest BCUT2D eigenvalue weighted by molar-refractivity contribution is 0.186. The minimum atomic E-state index is -0.284. The Morgan fingerprint density at radius 1 is 0.857 bits per heavy atom. The molecule has 2 fully saturated rings. The maximum atomic E-state index is 3.58. The molecule has 0 spiro atoms. The largest absolute Gasteiger partial charge is 0.0928 e. The summed E-state index contributed by atoms with van der Waals surface area (Å²) in [5, 5.41) is 1.21. The third-order valence-electron chi connectivity index (χ3n) is 6.41. The molecule has 0 radical (unpaired) electrons. The molecule has 21 heavy (non-hydrogen) atoms. The normalized spacial score (nSPS) is 34.0. The van der Waals surface area contributed by atoms with Crippen molar-refractivity contribution in [1.29, 1.82) is 0 Å². The third kappa shape index (κ3) is 6.37. The Morgan fingerprint density at radius 2 is 1.52 bits per heavy atom. The predicted octanol–water partition coefficient (Wildman–Crippen LogP) is 6.80. The van der Waals surface area contributed by atoms with Crippen molar-refractivity contribution in [2.24, 2.45) is 17.8 Å². The Hall–Kier alpha value is 0.697. The summed E-state index contributed by atoms with van der Waals surface area (Å²) in [5.41, 5.74) is 0. The van der Waals surface area contributed by atoms with E-state index in [2.05, 4.69) is 22.9 Å². The maximum absolute atomic E-state index is 3.58. The minimum Gasteiger partial charge on any atom is -0.0928 e. The van der Waals surface area contributed by atoms with E-state index in [0.717, 1.165) is 17.8 Å². The van der Waals surface area contributed by atoms with Crippen molar-refractivity contribution in [1.82, 2.24) is 0 Å². The van der Waals surface area contributed by atoms with Gasteiger partial charge in [0.2, 0.25) is 0 Å². The van der Waals surface area contributed by atoms with Crippen LogP contribution < -0.4 is 0 Å². The zero-order chi connectivity index (χ0) is 14.9. The van der Waals surface area contributed by atoms with Crippen molar-refractivity contribution in [2.45, 2.75) is 95.7 Å². The summed E-state index contributed by atoms with van der Waals surface area (Å²) in [4.78, 5) is 0. The Morgan fingerprint density at radius 3 is 2.14 bits per heavy atom. The first kappa shape index (κ1) is 18.0. The number of hydrogen-bond acceptors (Lipinski definition) is 0. The van der Waals surface area contributed by atoms with Crippen LogP contribution in [0.5, 0.6) is 0 Å². The van der Waals surface area contributed by atoms with Gasteiger partial charge in [-0.1, -0.05) is 85.9 Å². The molecule has 1 saturated carbocycles. The molecule has 1 aliphatic carbocycles. The van der Waals surface area contributed by atoms with E-state index in [-0.39, 0.29) is 8.80 Å². The van der Waals surface area contributed by atoms with Crippen molar-refractivity contribution < 1.29 is 0 Å². The maximum Gasteiger partial charge on any atom is 0.0368 e. The second-order valence-corrected chi connectivity index (χ2v) is 12.1. The van der Waals surface area contributed by atoms with Crippen LogP contribution in [0.15, 0.2) is 0 Å². The van der Waals surface area contributed by atoms with Gasteiger partial charge in [-0.3, -0.25) is 0 Å². The lowest BCUT2D eigenvalue weighted by Gasteiger charge is -2.37. The van der Waals surface area contributed by atoms with Crippen molar-refractivity contribution in [2.75, 3.05) is 5.33 Å². The van der Waals surface area contributed by atoms with Crippen molar-refractivity contribution in [3.05, 3.63) is 0 Å². The van der Waals surface area contributed by atoms with Gasteiger partial charge in [0.25, 0.3) is 0 Å². The van der Waals surface area contributed by atoms with Crippen LogP contribution in [0.2, 0.25) is 18.1 Å². The fourth-order valence-electron chi connectivity index (χ4n) is 4.95. The molecule has 0 aromatic heterocycles. The highest BCUT2D eigenvalue weighted by molar-refractivity contribution is 9.09. The second-order valence-electron chi connectivity index (χ2n) is 7.89. The predicted molar refractivity (Wildman–Crippen MR) is 102 cm³/mol. The van der Waals surface area contributed by atoms with Crippen LogP contribution in [0.4, 0.5) is 0 Å². The molecule has 0 amide bonds. The summed E-state index contributed by atoms with van der Waals surface area (Å²) in [6, 6.07) is 5.05. The number of hydrogen-bond donors (Lipinski definition) is 0. The number of alkyl halides is 1. The highest BCUT2D eigenvalue weighted by Crippen LogP contribution is 2.41. The number of halogens is 1. The quantitative estimate of drug-likeness (QED) is 0.249. The summed E-state index contributed by atoms with van der Waals surface area (Å²) in [6.07, 6.45) is 16.8. The van der Waals surface area contributed by atoms with Gasteiger partial charge in [0.05, 0.1) is 0 Å². The topological polar surface area (TPSA) is 0 Å². The minimum absolute atomic E-state index is 0.284. The molecule has 0 aromatic rings. The van der Waals surface area contributed by atoms with Gasteiger partial charge in [-0.15, -0.1) is 0 Å². The van der Waals surface area contributed by atoms with E-state index >= 15 is 0 Å². The molecular weight excluding hydrogens is 336 g/mol. The van der Waals surface area contributed by atoms with Crippen molar-refractivity contribution in [3.63, 3.8) is 0 Å². The fraction of sp³-hybridized carbons (Fsp3) is 1.00. The van der Waals surface area contributed by atoms with Gasteiger partial charge in [0.15, 0.2) is 0 Å². The van der Waals surface area contributed by atoms with Gasteiger partial charge in [0, 0.05) is 14.1 Å². The zero-order valence-electron chi connectivity index (χ0n) is 14.3. The molecule has 124 valence electrons. The molecule has 2 heteroatoms. The van der Waals surface area contributed by atoms with Gasteiger partial charge in [0.1, 0.15) is 0 Å². The zero-order valence-corrected chi connectivity index (χ0v) is 17.0. The van der Waals surface area contributed by atoms with Gasteiger partial charge in [-0.25, -0.2) is 0 Å². The highest BCUT2D eigenvalue weighted by atomic mass is 79.9. The van der Waals surface area contributed by atoms with Crippen LogP contribution in [0.25, 0.3) is 0 Å². The van der Waals surface area contributed by atoms with Crippen LogP contribution in [-0.2, 0) is 0 Å². The van der Waals surface area contributed by atoms with Crippen molar-refractivity contribution in [3.8, 4) is 0 Å². The first-order chi connectivity index (χ1) is 10.3. The molecule has 0 N–H and O–H groups in total. The van der Waals surface area contributed by atoms with Crippen molar-refractivity contribution >= 4 is 24.7 Å². The molecule has 2 rings (SSSR count). The van der Waals surface area contributed by atoms with Crippen LogP contribution in [0.1, 0.15) is 77.6 Å². The van der Waals surface area contributed by atoms with Gasteiger partial charge < -0.3 is 0 Å². The van der Waals surface area contributed by atoms with E-state index in [1.165, 1.54) is 31.0 Å². The molecule has 0 atom stereocenters.